The summed E-state index contributed by atoms with van der Waals surface area (Å²) in [7, 11) is 0. The minimum atomic E-state index is -0.808. The average molecular weight is 551 g/mol. The number of aliphatic hydroxyl groups is 1. The second-order valence-corrected chi connectivity index (χ2v) is 11.3. The Morgan fingerprint density at radius 2 is 2.05 bits per heavy atom. The molecular weight excluding hydrogens is 520 g/mol. The molecule has 1 aliphatic rings. The number of amides is 1. The Bertz CT molecular complexity index is 1450. The van der Waals surface area contributed by atoms with Gasteiger partial charge >= 0.3 is 6.09 Å². The second kappa shape index (κ2) is 10.7. The maximum absolute atomic E-state index is 13.0. The largest absolute Gasteiger partial charge is 0.473 e. The Hall–Kier alpha value is -3.94. The minimum Gasteiger partial charge on any atom is -0.473 e. The van der Waals surface area contributed by atoms with Gasteiger partial charge in [-0.1, -0.05) is 18.5 Å². The van der Waals surface area contributed by atoms with Gasteiger partial charge in [-0.05, 0) is 64.4 Å². The quantitative estimate of drug-likeness (QED) is 0.402. The fraction of sp³-hybridized carbons (Fsp3) is 0.393. The lowest BCUT2D eigenvalue weighted by Crippen LogP contribution is -2.40. The molecule has 1 amide bonds. The van der Waals surface area contributed by atoms with Crippen LogP contribution < -0.4 is 15.0 Å². The molecule has 0 spiro atoms. The highest BCUT2D eigenvalue weighted by Gasteiger charge is 2.44. The number of benzene rings is 1. The van der Waals surface area contributed by atoms with Gasteiger partial charge in [0.25, 0.3) is 0 Å². The Kier molecular flexibility index (Phi) is 7.68. The molecule has 204 valence electrons. The number of hydrogen-bond acceptors (Lipinski definition) is 9. The third-order valence-electron chi connectivity index (χ3n) is 5.98. The lowest BCUT2D eigenvalue weighted by molar-refractivity contribution is 0.0575. The third kappa shape index (κ3) is 6.05. The zero-order valence-corrected chi connectivity index (χ0v) is 23.5. The van der Waals surface area contributed by atoms with Crippen LogP contribution in [0.3, 0.4) is 0 Å². The van der Waals surface area contributed by atoms with Crippen LogP contribution in [-0.4, -0.2) is 51.0 Å². The summed E-state index contributed by atoms with van der Waals surface area (Å²) in [6.07, 6.45) is 2.40. The highest BCUT2D eigenvalue weighted by molar-refractivity contribution is 6.30. The molecule has 0 radical (unpaired) electrons. The Morgan fingerprint density at radius 3 is 2.69 bits per heavy atom. The van der Waals surface area contributed by atoms with Gasteiger partial charge in [0.15, 0.2) is 0 Å². The van der Waals surface area contributed by atoms with E-state index in [1.54, 1.807) is 45.2 Å². The number of nitrogens with zero attached hydrogens (tertiary/aromatic N) is 5. The first kappa shape index (κ1) is 28.1. The number of fused-ring (bicyclic) bond motifs is 1. The van der Waals surface area contributed by atoms with Gasteiger partial charge in [-0.25, -0.2) is 19.7 Å². The number of nitriles is 1. The summed E-state index contributed by atoms with van der Waals surface area (Å²) < 4.78 is 11.4. The molecule has 0 unspecified atom stereocenters. The standard InChI is InChI=1S/C28H31ClN6O4/c1-16(2)38-24-22(11-19(29)13-32-24)34-25-31-8-7-21(33-25)17-9-18(12-30)23-20(10-17)28(6,15-36)14-35(23)26(37)39-27(3,4)5/h7-11,13,16,36H,14-15H2,1-6H3,(H,31,33,34)/t28-/m1/s1. The van der Waals surface area contributed by atoms with Crippen molar-refractivity contribution in [2.45, 2.75) is 58.7 Å². The molecule has 2 N–H and O–H groups in total. The maximum atomic E-state index is 13.0. The van der Waals surface area contributed by atoms with Gasteiger partial charge < -0.3 is 19.9 Å². The van der Waals surface area contributed by atoms with Gasteiger partial charge in [0.1, 0.15) is 17.4 Å². The summed E-state index contributed by atoms with van der Waals surface area (Å²) in [5.74, 6) is 0.623. The first-order valence-corrected chi connectivity index (χ1v) is 12.8. The maximum Gasteiger partial charge on any atom is 0.414 e. The molecular formula is C28H31ClN6O4. The van der Waals surface area contributed by atoms with Crippen molar-refractivity contribution in [2.75, 3.05) is 23.4 Å². The number of carbonyl (C=O) groups excluding carboxylic acids is 1. The zero-order valence-electron chi connectivity index (χ0n) is 22.7. The molecule has 3 heterocycles. The van der Waals surface area contributed by atoms with Crippen molar-refractivity contribution in [3.8, 4) is 23.2 Å². The van der Waals surface area contributed by atoms with E-state index in [4.69, 9.17) is 21.1 Å². The van der Waals surface area contributed by atoms with Crippen LogP contribution >= 0.6 is 11.6 Å². The lowest BCUT2D eigenvalue weighted by atomic mass is 9.83. The summed E-state index contributed by atoms with van der Waals surface area (Å²) in [6, 6.07) is 9.10. The number of nitrogens with one attached hydrogen (secondary N) is 1. The molecule has 2 aromatic heterocycles. The summed E-state index contributed by atoms with van der Waals surface area (Å²) in [5.41, 5.74) is 1.49. The van der Waals surface area contributed by atoms with E-state index in [0.717, 1.165) is 0 Å². The number of ether oxygens (including phenoxy) is 2. The first-order valence-electron chi connectivity index (χ1n) is 12.5. The number of anilines is 3. The molecule has 0 fully saturated rings. The summed E-state index contributed by atoms with van der Waals surface area (Å²) in [6.45, 7) is 10.9. The molecule has 39 heavy (non-hydrogen) atoms. The van der Waals surface area contributed by atoms with E-state index in [0.29, 0.717) is 39.1 Å². The van der Waals surface area contributed by atoms with Crippen LogP contribution in [0.4, 0.5) is 22.1 Å². The van der Waals surface area contributed by atoms with Gasteiger partial charge in [0, 0.05) is 29.9 Å². The topological polar surface area (TPSA) is 133 Å². The van der Waals surface area contributed by atoms with Crippen molar-refractivity contribution in [1.82, 2.24) is 15.0 Å². The van der Waals surface area contributed by atoms with Crippen LogP contribution in [-0.2, 0) is 10.2 Å². The van der Waals surface area contributed by atoms with Crippen LogP contribution in [0.2, 0.25) is 5.02 Å². The van der Waals surface area contributed by atoms with E-state index in [-0.39, 0.29) is 30.8 Å². The van der Waals surface area contributed by atoms with E-state index < -0.39 is 17.1 Å². The van der Waals surface area contributed by atoms with E-state index >= 15 is 0 Å². The number of hydrogen-bond donors (Lipinski definition) is 2. The highest BCUT2D eigenvalue weighted by atomic mass is 35.5. The molecule has 4 rings (SSSR count). The molecule has 0 aliphatic carbocycles. The molecule has 0 bridgehead atoms. The first-order chi connectivity index (χ1) is 18.3. The van der Waals surface area contributed by atoms with E-state index in [1.165, 1.54) is 11.1 Å². The fourth-order valence-electron chi connectivity index (χ4n) is 4.27. The Morgan fingerprint density at radius 1 is 1.31 bits per heavy atom. The van der Waals surface area contributed by atoms with Crippen LogP contribution in [0.25, 0.3) is 11.3 Å². The molecule has 1 aliphatic heterocycles. The van der Waals surface area contributed by atoms with E-state index in [2.05, 4.69) is 26.3 Å². The third-order valence-corrected chi connectivity index (χ3v) is 6.19. The van der Waals surface area contributed by atoms with Crippen molar-refractivity contribution in [1.29, 1.82) is 5.26 Å². The van der Waals surface area contributed by atoms with Crippen LogP contribution in [0.5, 0.6) is 5.88 Å². The predicted octanol–water partition coefficient (Wildman–Crippen LogP) is 5.60. The van der Waals surface area contributed by atoms with Crippen LogP contribution in [0.15, 0.2) is 36.7 Å². The monoisotopic (exact) mass is 550 g/mol. The molecule has 0 saturated heterocycles. The van der Waals surface area contributed by atoms with Gasteiger partial charge in [0.2, 0.25) is 11.8 Å². The number of rotatable bonds is 6. The van der Waals surface area contributed by atoms with Crippen LogP contribution in [0, 0.1) is 11.3 Å². The molecule has 11 heteroatoms. The SMILES string of the molecule is CC(C)Oc1ncc(Cl)cc1Nc1nccc(-c2cc(C#N)c3c(c2)[C@@](C)(CO)CN3C(=O)OC(C)(C)C)n1. The lowest BCUT2D eigenvalue weighted by Gasteiger charge is -2.26. The molecule has 1 aromatic carbocycles. The van der Waals surface area contributed by atoms with Gasteiger partial charge in [-0.15, -0.1) is 0 Å². The normalized spacial score (nSPS) is 16.6. The van der Waals surface area contributed by atoms with E-state index in [1.807, 2.05) is 26.8 Å². The zero-order chi connectivity index (χ0) is 28.5. The van der Waals surface area contributed by atoms with Crippen molar-refractivity contribution < 1.29 is 19.4 Å². The predicted molar refractivity (Wildman–Crippen MR) is 148 cm³/mol. The van der Waals surface area contributed by atoms with E-state index in [9.17, 15) is 15.2 Å². The average Bonchev–Trinajstić information content (AvgIpc) is 3.17. The Balaban J connectivity index is 1.75. The van der Waals surface area contributed by atoms with Crippen molar-refractivity contribution in [3.63, 3.8) is 0 Å². The van der Waals surface area contributed by atoms with Crippen LogP contribution in [0.1, 0.15) is 52.7 Å². The minimum absolute atomic E-state index is 0.108. The smallest absolute Gasteiger partial charge is 0.414 e. The number of pyridine rings is 1. The molecule has 0 saturated carbocycles. The van der Waals surface area contributed by atoms with Gasteiger partial charge in [-0.3, -0.25) is 4.90 Å². The van der Waals surface area contributed by atoms with Gasteiger partial charge in [0.05, 0.1) is 34.7 Å². The highest BCUT2D eigenvalue weighted by Crippen LogP contribution is 2.45. The number of aliphatic hydroxyl groups excluding tert-OH is 1. The summed E-state index contributed by atoms with van der Waals surface area (Å²) >= 11 is 6.16. The Labute approximate surface area is 232 Å². The van der Waals surface area contributed by atoms with Crippen molar-refractivity contribution in [2.24, 2.45) is 0 Å². The number of aromatic nitrogens is 3. The second-order valence-electron chi connectivity index (χ2n) is 10.9. The summed E-state index contributed by atoms with van der Waals surface area (Å²) in [4.78, 5) is 27.7. The molecule has 10 nitrogen and oxygen atoms in total. The number of carbonyl (C=O) groups is 1. The van der Waals surface area contributed by atoms with Crippen molar-refractivity contribution in [3.05, 3.63) is 52.8 Å². The number of halogens is 1. The fourth-order valence-corrected chi connectivity index (χ4v) is 4.43. The summed E-state index contributed by atoms with van der Waals surface area (Å²) in [5, 5.41) is 23.9. The molecule has 3 aromatic rings. The van der Waals surface area contributed by atoms with Crippen molar-refractivity contribution >= 4 is 35.0 Å². The molecule has 1 atom stereocenters. The van der Waals surface area contributed by atoms with Gasteiger partial charge in [-0.2, -0.15) is 5.26 Å².